The van der Waals surface area contributed by atoms with E-state index in [0.717, 1.165) is 0 Å². The van der Waals surface area contributed by atoms with Crippen LogP contribution >= 0.6 is 23.2 Å². The first-order valence-electron chi connectivity index (χ1n) is 7.36. The van der Waals surface area contributed by atoms with E-state index in [0.29, 0.717) is 16.5 Å². The molecule has 0 unspecified atom stereocenters. The summed E-state index contributed by atoms with van der Waals surface area (Å²) < 4.78 is 20.6. The molecule has 0 amide bonds. The zero-order valence-corrected chi connectivity index (χ0v) is 15.8. The highest BCUT2D eigenvalue weighted by atomic mass is 35.5. The molecule has 26 heavy (non-hydrogen) atoms. The van der Waals surface area contributed by atoms with Crippen molar-refractivity contribution in [3.63, 3.8) is 0 Å². The van der Waals surface area contributed by atoms with Crippen LogP contribution in [0.2, 0.25) is 10.0 Å². The highest BCUT2D eigenvalue weighted by Gasteiger charge is 2.20. The SMILES string of the molecule is COc1cc(OC)c(C(=O)OCC(=O)c2ccc(Cl)cc2Cl)cc1OC. The number of hydrogen-bond acceptors (Lipinski definition) is 6. The van der Waals surface area contributed by atoms with Gasteiger partial charge >= 0.3 is 5.97 Å². The molecule has 2 rings (SSSR count). The molecule has 0 aliphatic carbocycles. The smallest absolute Gasteiger partial charge is 0.342 e. The van der Waals surface area contributed by atoms with Gasteiger partial charge in [0.25, 0.3) is 0 Å². The van der Waals surface area contributed by atoms with Gasteiger partial charge in [-0.15, -0.1) is 0 Å². The maximum absolute atomic E-state index is 12.4. The number of esters is 1. The fourth-order valence-corrected chi connectivity index (χ4v) is 2.70. The molecule has 2 aromatic rings. The Morgan fingerprint density at radius 2 is 1.46 bits per heavy atom. The topological polar surface area (TPSA) is 71.1 Å². The van der Waals surface area contributed by atoms with Crippen molar-refractivity contribution < 1.29 is 28.5 Å². The van der Waals surface area contributed by atoms with Gasteiger partial charge < -0.3 is 18.9 Å². The van der Waals surface area contributed by atoms with Gasteiger partial charge in [0.15, 0.2) is 18.1 Å². The normalized spacial score (nSPS) is 10.2. The second-order valence-corrected chi connectivity index (χ2v) is 5.87. The van der Waals surface area contributed by atoms with Gasteiger partial charge in [0.2, 0.25) is 5.78 Å². The van der Waals surface area contributed by atoms with E-state index in [2.05, 4.69) is 0 Å². The van der Waals surface area contributed by atoms with Crippen LogP contribution in [0.15, 0.2) is 30.3 Å². The van der Waals surface area contributed by atoms with E-state index in [9.17, 15) is 9.59 Å². The summed E-state index contributed by atoms with van der Waals surface area (Å²) in [6, 6.07) is 7.35. The summed E-state index contributed by atoms with van der Waals surface area (Å²) in [5.74, 6) is -0.262. The second kappa shape index (κ2) is 8.78. The van der Waals surface area contributed by atoms with Crippen molar-refractivity contribution in [2.45, 2.75) is 0 Å². The fourth-order valence-electron chi connectivity index (χ4n) is 2.19. The predicted molar refractivity (Wildman–Crippen MR) is 97.2 cm³/mol. The number of carbonyl (C=O) groups excluding carboxylic acids is 2. The molecule has 8 heteroatoms. The third-order valence-corrected chi connectivity index (χ3v) is 4.04. The summed E-state index contributed by atoms with van der Waals surface area (Å²) in [6.07, 6.45) is 0. The largest absolute Gasteiger partial charge is 0.496 e. The molecule has 138 valence electrons. The summed E-state index contributed by atoms with van der Waals surface area (Å²) in [7, 11) is 4.30. The predicted octanol–water partition coefficient (Wildman–Crippen LogP) is 4.06. The zero-order valence-electron chi connectivity index (χ0n) is 14.3. The monoisotopic (exact) mass is 398 g/mol. The van der Waals surface area contributed by atoms with Crippen LogP contribution in [0, 0.1) is 0 Å². The number of hydrogen-bond donors (Lipinski definition) is 0. The lowest BCUT2D eigenvalue weighted by Gasteiger charge is -2.13. The molecule has 0 saturated carbocycles. The van der Waals surface area contributed by atoms with E-state index in [1.54, 1.807) is 0 Å². The average Bonchev–Trinajstić information content (AvgIpc) is 2.64. The first-order valence-corrected chi connectivity index (χ1v) is 8.12. The molecular weight excluding hydrogens is 383 g/mol. The van der Waals surface area contributed by atoms with Gasteiger partial charge in [0.1, 0.15) is 11.3 Å². The van der Waals surface area contributed by atoms with Crippen molar-refractivity contribution in [1.29, 1.82) is 0 Å². The van der Waals surface area contributed by atoms with Crippen molar-refractivity contribution in [2.75, 3.05) is 27.9 Å². The number of benzene rings is 2. The van der Waals surface area contributed by atoms with Crippen molar-refractivity contribution in [3.05, 3.63) is 51.5 Å². The average molecular weight is 399 g/mol. The van der Waals surface area contributed by atoms with Crippen LogP contribution in [-0.2, 0) is 4.74 Å². The Labute approximate surface area is 160 Å². The maximum atomic E-state index is 12.4. The lowest BCUT2D eigenvalue weighted by molar-refractivity contribution is 0.0471. The Morgan fingerprint density at radius 3 is 2.04 bits per heavy atom. The van der Waals surface area contributed by atoms with Crippen molar-refractivity contribution >= 4 is 35.0 Å². The van der Waals surface area contributed by atoms with Gasteiger partial charge in [-0.1, -0.05) is 23.2 Å². The van der Waals surface area contributed by atoms with Crippen molar-refractivity contribution in [2.24, 2.45) is 0 Å². The van der Waals surface area contributed by atoms with Crippen molar-refractivity contribution in [1.82, 2.24) is 0 Å². The third-order valence-electron chi connectivity index (χ3n) is 3.49. The van der Waals surface area contributed by atoms with Crippen molar-refractivity contribution in [3.8, 4) is 17.2 Å². The molecule has 0 saturated heterocycles. The maximum Gasteiger partial charge on any atom is 0.342 e. The van der Waals surface area contributed by atoms with Crippen LogP contribution in [0.3, 0.4) is 0 Å². The Kier molecular flexibility index (Phi) is 6.71. The van der Waals surface area contributed by atoms with Gasteiger partial charge in [-0.25, -0.2) is 4.79 Å². The highest BCUT2D eigenvalue weighted by Crippen LogP contribution is 2.35. The van der Waals surface area contributed by atoms with Gasteiger partial charge in [-0.3, -0.25) is 4.79 Å². The standard InChI is InChI=1S/C18H16Cl2O6/c1-23-15-8-17(25-3)16(24-2)7-12(15)18(22)26-9-14(21)11-5-4-10(19)6-13(11)20/h4-8H,9H2,1-3H3. The van der Waals surface area contributed by atoms with E-state index in [1.807, 2.05) is 0 Å². The molecule has 0 aliphatic heterocycles. The number of methoxy groups -OCH3 is 3. The minimum absolute atomic E-state index is 0.0974. The minimum Gasteiger partial charge on any atom is -0.496 e. The van der Waals surface area contributed by atoms with E-state index in [1.165, 1.54) is 51.7 Å². The molecule has 0 radical (unpaired) electrons. The molecule has 0 atom stereocenters. The van der Waals surface area contributed by atoms with Crippen LogP contribution in [0.4, 0.5) is 0 Å². The molecule has 0 fully saturated rings. The Morgan fingerprint density at radius 1 is 0.846 bits per heavy atom. The van der Waals surface area contributed by atoms with E-state index in [-0.39, 0.29) is 21.9 Å². The lowest BCUT2D eigenvalue weighted by atomic mass is 10.1. The Bertz CT molecular complexity index is 835. The Hall–Kier alpha value is -2.44. The third kappa shape index (κ3) is 4.39. The molecule has 0 heterocycles. The van der Waals surface area contributed by atoms with Crippen LogP contribution < -0.4 is 14.2 Å². The summed E-state index contributed by atoms with van der Waals surface area (Å²) in [6.45, 7) is -0.488. The summed E-state index contributed by atoms with van der Waals surface area (Å²) in [5.41, 5.74) is 0.309. The summed E-state index contributed by atoms with van der Waals surface area (Å²) in [5, 5.41) is 0.584. The molecule has 0 bridgehead atoms. The van der Waals surface area contributed by atoms with Gasteiger partial charge in [0, 0.05) is 22.7 Å². The quantitative estimate of drug-likeness (QED) is 0.517. The second-order valence-electron chi connectivity index (χ2n) is 5.03. The molecule has 0 aliphatic rings. The van der Waals surface area contributed by atoms with Gasteiger partial charge in [-0.05, 0) is 18.2 Å². The van der Waals surface area contributed by atoms with Crippen LogP contribution in [0.25, 0.3) is 0 Å². The van der Waals surface area contributed by atoms with E-state index < -0.39 is 18.4 Å². The lowest BCUT2D eigenvalue weighted by Crippen LogP contribution is -2.15. The number of Topliss-reactive ketones (excluding diaryl/α,β-unsaturated/α-hetero) is 1. The van der Waals surface area contributed by atoms with Crippen LogP contribution in [0.5, 0.6) is 17.2 Å². The molecule has 6 nitrogen and oxygen atoms in total. The van der Waals surface area contributed by atoms with Gasteiger partial charge in [-0.2, -0.15) is 0 Å². The number of ether oxygens (including phenoxy) is 4. The van der Waals surface area contributed by atoms with Crippen LogP contribution in [-0.4, -0.2) is 39.7 Å². The summed E-state index contributed by atoms with van der Waals surface area (Å²) >= 11 is 11.8. The molecule has 2 aromatic carbocycles. The fraction of sp³-hybridized carbons (Fsp3) is 0.222. The molecular formula is C18H16Cl2O6. The molecule has 0 spiro atoms. The Balaban J connectivity index is 2.18. The highest BCUT2D eigenvalue weighted by molar-refractivity contribution is 6.36. The number of carbonyl (C=O) groups is 2. The molecule has 0 N–H and O–H groups in total. The number of rotatable bonds is 7. The van der Waals surface area contributed by atoms with Crippen LogP contribution in [0.1, 0.15) is 20.7 Å². The first kappa shape index (κ1) is 19.9. The zero-order chi connectivity index (χ0) is 19.3. The number of halogens is 2. The summed E-state index contributed by atoms with van der Waals surface area (Å²) in [4.78, 5) is 24.6. The van der Waals surface area contributed by atoms with E-state index in [4.69, 9.17) is 42.1 Å². The first-order chi connectivity index (χ1) is 12.4. The van der Waals surface area contributed by atoms with E-state index >= 15 is 0 Å². The van der Waals surface area contributed by atoms with Gasteiger partial charge in [0.05, 0.1) is 26.4 Å². The molecule has 0 aromatic heterocycles. The number of ketones is 1. The minimum atomic E-state index is -0.749.